The van der Waals surface area contributed by atoms with Crippen molar-refractivity contribution in [3.05, 3.63) is 69.9 Å². The smallest absolute Gasteiger partial charge is 0.123 e. The van der Waals surface area contributed by atoms with Gasteiger partial charge in [0.2, 0.25) is 0 Å². The molecule has 3 heteroatoms. The van der Waals surface area contributed by atoms with Crippen molar-refractivity contribution in [2.75, 3.05) is 0 Å². The van der Waals surface area contributed by atoms with Crippen LogP contribution in [0.4, 0.5) is 4.39 Å². The summed E-state index contributed by atoms with van der Waals surface area (Å²) in [4.78, 5) is 0. The summed E-state index contributed by atoms with van der Waals surface area (Å²) in [5.41, 5.74) is 2.18. The van der Waals surface area contributed by atoms with Crippen LogP contribution in [0.25, 0.3) is 0 Å². The number of benzene rings is 2. The zero-order valence-electron chi connectivity index (χ0n) is 11.0. The van der Waals surface area contributed by atoms with Crippen molar-refractivity contribution in [2.45, 2.75) is 25.9 Å². The van der Waals surface area contributed by atoms with E-state index in [1.807, 2.05) is 25.1 Å². The van der Waals surface area contributed by atoms with Crippen LogP contribution in [0.3, 0.4) is 0 Å². The van der Waals surface area contributed by atoms with Crippen molar-refractivity contribution in [1.29, 1.82) is 0 Å². The highest BCUT2D eigenvalue weighted by Gasteiger charge is 2.11. The van der Waals surface area contributed by atoms with Gasteiger partial charge in [0.05, 0.1) is 0 Å². The number of nitrogens with one attached hydrogen (secondary N) is 1. The summed E-state index contributed by atoms with van der Waals surface area (Å²) in [6, 6.07) is 15.3. The summed E-state index contributed by atoms with van der Waals surface area (Å²) in [6.07, 6.45) is 0. The number of halogens is 2. The third-order valence-electron chi connectivity index (χ3n) is 3.22. The van der Waals surface area contributed by atoms with Gasteiger partial charge in [0, 0.05) is 16.6 Å². The second-order valence-electron chi connectivity index (χ2n) is 4.72. The van der Waals surface area contributed by atoms with Crippen molar-refractivity contribution in [2.24, 2.45) is 0 Å². The molecule has 2 rings (SSSR count). The van der Waals surface area contributed by atoms with E-state index in [0.717, 1.165) is 10.0 Å². The maximum Gasteiger partial charge on any atom is 0.123 e. The van der Waals surface area contributed by atoms with Crippen molar-refractivity contribution in [3.8, 4) is 0 Å². The molecule has 1 nitrogen and oxygen atoms in total. The maximum atomic E-state index is 13.2. The molecule has 0 heterocycles. The van der Waals surface area contributed by atoms with E-state index in [0.29, 0.717) is 0 Å². The molecule has 0 aliphatic rings. The van der Waals surface area contributed by atoms with E-state index in [2.05, 4.69) is 40.3 Å². The maximum absolute atomic E-state index is 13.2. The molecule has 0 fully saturated rings. The lowest BCUT2D eigenvalue weighted by molar-refractivity contribution is 0.492. The second kappa shape index (κ2) is 6.31. The Hall–Kier alpha value is -1.19. The third kappa shape index (κ3) is 3.88. The molecule has 0 bridgehead atoms. The second-order valence-corrected chi connectivity index (χ2v) is 5.63. The highest BCUT2D eigenvalue weighted by molar-refractivity contribution is 9.10. The first-order chi connectivity index (χ1) is 9.06. The van der Waals surface area contributed by atoms with E-state index in [-0.39, 0.29) is 17.9 Å². The first kappa shape index (κ1) is 14.2. The predicted octanol–water partition coefficient (Wildman–Crippen LogP) is 5.00. The predicted molar refractivity (Wildman–Crippen MR) is 80.5 cm³/mol. The van der Waals surface area contributed by atoms with E-state index in [1.54, 1.807) is 12.1 Å². The molecular formula is C16H17BrFN. The van der Waals surface area contributed by atoms with Crippen LogP contribution in [0.2, 0.25) is 0 Å². The SMILES string of the molecule is CC(NC(C)c1cccc(F)c1)c1ccc(Br)cc1. The zero-order chi connectivity index (χ0) is 13.8. The minimum Gasteiger partial charge on any atom is -0.304 e. The van der Waals surface area contributed by atoms with E-state index in [1.165, 1.54) is 11.6 Å². The van der Waals surface area contributed by atoms with Gasteiger partial charge in [-0.1, -0.05) is 40.2 Å². The summed E-state index contributed by atoms with van der Waals surface area (Å²) in [5, 5.41) is 3.48. The minimum atomic E-state index is -0.192. The number of hydrogen-bond acceptors (Lipinski definition) is 1. The molecule has 19 heavy (non-hydrogen) atoms. The Morgan fingerprint density at radius 2 is 1.58 bits per heavy atom. The van der Waals surface area contributed by atoms with Crippen LogP contribution in [-0.4, -0.2) is 0 Å². The molecule has 100 valence electrons. The lowest BCUT2D eigenvalue weighted by atomic mass is 10.0. The summed E-state index contributed by atoms with van der Waals surface area (Å²) >= 11 is 3.43. The zero-order valence-corrected chi connectivity index (χ0v) is 12.6. The molecule has 0 radical (unpaired) electrons. The molecule has 2 unspecified atom stereocenters. The number of hydrogen-bond donors (Lipinski definition) is 1. The monoisotopic (exact) mass is 321 g/mol. The highest BCUT2D eigenvalue weighted by atomic mass is 79.9. The van der Waals surface area contributed by atoms with Crippen molar-refractivity contribution in [3.63, 3.8) is 0 Å². The Labute approximate surface area is 122 Å². The fraction of sp³-hybridized carbons (Fsp3) is 0.250. The van der Waals surface area contributed by atoms with Gasteiger partial charge in [0.15, 0.2) is 0 Å². The summed E-state index contributed by atoms with van der Waals surface area (Å²) in [7, 11) is 0. The molecule has 0 saturated heterocycles. The standard InChI is InChI=1S/C16H17BrFN/c1-11(13-6-8-15(17)9-7-13)19-12(2)14-4-3-5-16(18)10-14/h3-12,19H,1-2H3. The normalized spacial score (nSPS) is 14.1. The molecule has 0 aliphatic carbocycles. The summed E-state index contributed by atoms with van der Waals surface area (Å²) < 4.78 is 14.3. The van der Waals surface area contributed by atoms with Gasteiger partial charge in [0.1, 0.15) is 5.82 Å². The van der Waals surface area contributed by atoms with Crippen molar-refractivity contribution in [1.82, 2.24) is 5.32 Å². The minimum absolute atomic E-state index is 0.106. The molecule has 1 N–H and O–H groups in total. The first-order valence-electron chi connectivity index (χ1n) is 6.33. The van der Waals surface area contributed by atoms with Crippen LogP contribution in [-0.2, 0) is 0 Å². The van der Waals surface area contributed by atoms with Gasteiger partial charge in [-0.3, -0.25) is 0 Å². The molecule has 0 amide bonds. The van der Waals surface area contributed by atoms with Crippen molar-refractivity contribution < 1.29 is 4.39 Å². The van der Waals surface area contributed by atoms with E-state index < -0.39 is 0 Å². The topological polar surface area (TPSA) is 12.0 Å². The average Bonchev–Trinajstić information content (AvgIpc) is 2.39. The van der Waals surface area contributed by atoms with Gasteiger partial charge >= 0.3 is 0 Å². The Kier molecular flexibility index (Phi) is 4.72. The molecule has 2 aromatic carbocycles. The van der Waals surface area contributed by atoms with Gasteiger partial charge in [0.25, 0.3) is 0 Å². The molecule has 0 spiro atoms. The quantitative estimate of drug-likeness (QED) is 0.835. The molecular weight excluding hydrogens is 305 g/mol. The first-order valence-corrected chi connectivity index (χ1v) is 7.12. The van der Waals surface area contributed by atoms with Gasteiger partial charge in [-0.25, -0.2) is 4.39 Å². The van der Waals surface area contributed by atoms with E-state index in [4.69, 9.17) is 0 Å². The van der Waals surface area contributed by atoms with Crippen LogP contribution >= 0.6 is 15.9 Å². The lowest BCUT2D eigenvalue weighted by Crippen LogP contribution is -2.22. The van der Waals surface area contributed by atoms with E-state index >= 15 is 0 Å². The van der Waals surface area contributed by atoms with Gasteiger partial charge < -0.3 is 5.32 Å². The molecule has 2 atom stereocenters. The highest BCUT2D eigenvalue weighted by Crippen LogP contribution is 2.21. The average molecular weight is 322 g/mol. The van der Waals surface area contributed by atoms with Crippen LogP contribution in [0.5, 0.6) is 0 Å². The van der Waals surface area contributed by atoms with Crippen LogP contribution in [0.1, 0.15) is 37.1 Å². The lowest BCUT2D eigenvalue weighted by Gasteiger charge is -2.21. The van der Waals surface area contributed by atoms with Crippen LogP contribution in [0, 0.1) is 5.82 Å². The summed E-state index contributed by atoms with van der Waals surface area (Å²) in [6.45, 7) is 4.16. The Bertz CT molecular complexity index is 539. The van der Waals surface area contributed by atoms with Crippen molar-refractivity contribution >= 4 is 15.9 Å². The van der Waals surface area contributed by atoms with Gasteiger partial charge in [-0.15, -0.1) is 0 Å². The Morgan fingerprint density at radius 1 is 0.947 bits per heavy atom. The van der Waals surface area contributed by atoms with Gasteiger partial charge in [-0.2, -0.15) is 0 Å². The molecule has 0 aromatic heterocycles. The largest absolute Gasteiger partial charge is 0.304 e. The molecule has 0 saturated carbocycles. The Balaban J connectivity index is 2.06. The Morgan fingerprint density at radius 3 is 2.21 bits per heavy atom. The van der Waals surface area contributed by atoms with Crippen LogP contribution in [0.15, 0.2) is 53.0 Å². The molecule has 0 aliphatic heterocycles. The third-order valence-corrected chi connectivity index (χ3v) is 3.75. The fourth-order valence-electron chi connectivity index (χ4n) is 2.09. The fourth-order valence-corrected chi connectivity index (χ4v) is 2.36. The van der Waals surface area contributed by atoms with E-state index in [9.17, 15) is 4.39 Å². The van der Waals surface area contributed by atoms with Gasteiger partial charge in [-0.05, 0) is 49.2 Å². The summed E-state index contributed by atoms with van der Waals surface area (Å²) in [5.74, 6) is -0.192. The van der Waals surface area contributed by atoms with Crippen LogP contribution < -0.4 is 5.32 Å². The number of rotatable bonds is 4. The molecule has 2 aromatic rings.